The van der Waals surface area contributed by atoms with Gasteiger partial charge in [0.1, 0.15) is 0 Å². The summed E-state index contributed by atoms with van der Waals surface area (Å²) in [5.41, 5.74) is 2.35. The molecule has 2 rings (SSSR count). The van der Waals surface area contributed by atoms with Crippen molar-refractivity contribution in [1.29, 1.82) is 0 Å². The summed E-state index contributed by atoms with van der Waals surface area (Å²) in [6.45, 7) is 3.86. The van der Waals surface area contributed by atoms with Gasteiger partial charge >= 0.3 is 0 Å². The summed E-state index contributed by atoms with van der Waals surface area (Å²) in [5.74, 6) is 0. The normalized spacial score (nSPS) is 8.44. The number of rotatable bonds is 1. The Morgan fingerprint density at radius 1 is 0.722 bits per heavy atom. The molecule has 0 fully saturated rings. The van der Waals surface area contributed by atoms with Crippen molar-refractivity contribution in [3.63, 3.8) is 0 Å². The van der Waals surface area contributed by atoms with Crippen molar-refractivity contribution >= 4 is 0 Å². The van der Waals surface area contributed by atoms with Gasteiger partial charge in [-0.05, 0) is 49.2 Å². The van der Waals surface area contributed by atoms with Crippen LogP contribution in [0.15, 0.2) is 49.1 Å². The Morgan fingerprint density at radius 3 is 1.17 bits per heavy atom. The first-order valence-corrected chi connectivity index (χ1v) is 5.82. The minimum absolute atomic E-state index is 0.250. The highest BCUT2D eigenvalue weighted by molar-refractivity contribution is 5.61. The third-order valence-corrected chi connectivity index (χ3v) is 1.69. The molecule has 0 spiro atoms. The standard InChI is InChI=1S/C10H8N2.2C2H6O/c1-5-11-6-2-9(1)10-3-7-12-8-4-10;2*1-2-3/h1-8H;2*3H,2H2,1H3. The topological polar surface area (TPSA) is 66.2 Å². The van der Waals surface area contributed by atoms with Gasteiger partial charge in [0.15, 0.2) is 0 Å². The molecule has 0 aliphatic heterocycles. The molecule has 0 aliphatic rings. The Hall–Kier alpha value is -1.78. The fourth-order valence-electron chi connectivity index (χ4n) is 1.09. The van der Waals surface area contributed by atoms with E-state index in [0.29, 0.717) is 0 Å². The Labute approximate surface area is 108 Å². The average Bonchev–Trinajstić information content (AvgIpc) is 2.43. The molecule has 0 atom stereocenters. The molecule has 98 valence electrons. The van der Waals surface area contributed by atoms with Crippen LogP contribution < -0.4 is 0 Å². The molecular formula is C14H20N2O2. The largest absolute Gasteiger partial charge is 0.397 e. The second-order valence-corrected chi connectivity index (χ2v) is 3.10. The van der Waals surface area contributed by atoms with Crippen LogP contribution in [0.5, 0.6) is 0 Å². The van der Waals surface area contributed by atoms with Crippen molar-refractivity contribution in [2.24, 2.45) is 0 Å². The highest BCUT2D eigenvalue weighted by Gasteiger charge is 1.92. The van der Waals surface area contributed by atoms with Crippen LogP contribution in [0.4, 0.5) is 0 Å². The van der Waals surface area contributed by atoms with Crippen molar-refractivity contribution in [3.8, 4) is 11.1 Å². The molecule has 0 bridgehead atoms. The molecule has 2 aromatic heterocycles. The third kappa shape index (κ3) is 7.49. The maximum atomic E-state index is 7.57. The first-order chi connectivity index (χ1) is 8.79. The highest BCUT2D eigenvalue weighted by Crippen LogP contribution is 2.15. The predicted octanol–water partition coefficient (Wildman–Crippen LogP) is 2.14. The van der Waals surface area contributed by atoms with Crippen molar-refractivity contribution < 1.29 is 10.2 Å². The minimum Gasteiger partial charge on any atom is -0.397 e. The molecule has 0 saturated heterocycles. The number of aliphatic hydroxyl groups excluding tert-OH is 2. The summed E-state index contributed by atoms with van der Waals surface area (Å²) < 4.78 is 0. The van der Waals surface area contributed by atoms with E-state index in [4.69, 9.17) is 10.2 Å². The Bertz CT molecular complexity index is 340. The van der Waals surface area contributed by atoms with Gasteiger partial charge in [0, 0.05) is 38.0 Å². The van der Waals surface area contributed by atoms with Gasteiger partial charge in [-0.3, -0.25) is 9.97 Å². The van der Waals surface area contributed by atoms with Gasteiger partial charge in [0.25, 0.3) is 0 Å². The Balaban J connectivity index is 0.000000414. The van der Waals surface area contributed by atoms with E-state index in [-0.39, 0.29) is 13.2 Å². The van der Waals surface area contributed by atoms with Crippen LogP contribution in [0.2, 0.25) is 0 Å². The second-order valence-electron chi connectivity index (χ2n) is 3.10. The molecule has 2 aromatic rings. The van der Waals surface area contributed by atoms with Gasteiger partial charge in [0.05, 0.1) is 0 Å². The van der Waals surface area contributed by atoms with Crippen molar-refractivity contribution in [2.75, 3.05) is 13.2 Å². The summed E-state index contributed by atoms with van der Waals surface area (Å²) in [5, 5.41) is 15.1. The van der Waals surface area contributed by atoms with E-state index < -0.39 is 0 Å². The summed E-state index contributed by atoms with van der Waals surface area (Å²) in [7, 11) is 0. The Morgan fingerprint density at radius 2 is 0.944 bits per heavy atom. The zero-order valence-corrected chi connectivity index (χ0v) is 10.8. The number of aromatic nitrogens is 2. The maximum Gasteiger partial charge on any atom is 0.0402 e. The molecule has 2 N–H and O–H groups in total. The lowest BCUT2D eigenvalue weighted by Gasteiger charge is -1.97. The zero-order chi connectivity index (χ0) is 13.6. The summed E-state index contributed by atoms with van der Waals surface area (Å²) >= 11 is 0. The summed E-state index contributed by atoms with van der Waals surface area (Å²) in [6, 6.07) is 7.93. The first kappa shape index (κ1) is 16.2. The van der Waals surface area contributed by atoms with Crippen LogP contribution in [0.3, 0.4) is 0 Å². The van der Waals surface area contributed by atoms with Crippen molar-refractivity contribution in [1.82, 2.24) is 9.97 Å². The van der Waals surface area contributed by atoms with E-state index >= 15 is 0 Å². The van der Waals surface area contributed by atoms with Gasteiger partial charge in [-0.15, -0.1) is 0 Å². The molecule has 2 heterocycles. The van der Waals surface area contributed by atoms with Crippen LogP contribution in [0, 0.1) is 0 Å². The van der Waals surface area contributed by atoms with Crippen LogP contribution in [0.1, 0.15) is 13.8 Å². The molecule has 4 nitrogen and oxygen atoms in total. The van der Waals surface area contributed by atoms with Crippen LogP contribution in [-0.2, 0) is 0 Å². The molecule has 0 amide bonds. The summed E-state index contributed by atoms with van der Waals surface area (Å²) in [6.07, 6.45) is 7.15. The Kier molecular flexibility index (Phi) is 10.5. The lowest BCUT2D eigenvalue weighted by atomic mass is 10.1. The van der Waals surface area contributed by atoms with Crippen LogP contribution in [-0.4, -0.2) is 33.4 Å². The average molecular weight is 248 g/mol. The van der Waals surface area contributed by atoms with Gasteiger partial charge in [-0.1, -0.05) is 0 Å². The predicted molar refractivity (Wildman–Crippen MR) is 73.0 cm³/mol. The molecule has 18 heavy (non-hydrogen) atoms. The minimum atomic E-state index is 0.250. The third-order valence-electron chi connectivity index (χ3n) is 1.69. The lowest BCUT2D eigenvalue weighted by Crippen LogP contribution is -1.77. The number of hydrogen-bond donors (Lipinski definition) is 2. The first-order valence-electron chi connectivity index (χ1n) is 5.82. The monoisotopic (exact) mass is 248 g/mol. The quantitative estimate of drug-likeness (QED) is 0.811. The number of hydrogen-bond acceptors (Lipinski definition) is 4. The van der Waals surface area contributed by atoms with Crippen LogP contribution in [0.25, 0.3) is 11.1 Å². The smallest absolute Gasteiger partial charge is 0.0402 e. The molecule has 0 saturated carbocycles. The highest BCUT2D eigenvalue weighted by atomic mass is 16.3. The molecule has 0 unspecified atom stereocenters. The van der Waals surface area contributed by atoms with Crippen molar-refractivity contribution in [2.45, 2.75) is 13.8 Å². The summed E-state index contributed by atoms with van der Waals surface area (Å²) in [4.78, 5) is 7.91. The lowest BCUT2D eigenvalue weighted by molar-refractivity contribution is 0.318. The van der Waals surface area contributed by atoms with E-state index in [1.54, 1.807) is 38.6 Å². The molecule has 0 aliphatic carbocycles. The van der Waals surface area contributed by atoms with E-state index in [1.165, 1.54) is 11.1 Å². The maximum absolute atomic E-state index is 7.57. The van der Waals surface area contributed by atoms with E-state index in [9.17, 15) is 0 Å². The zero-order valence-electron chi connectivity index (χ0n) is 10.8. The molecule has 0 aromatic carbocycles. The van der Waals surface area contributed by atoms with E-state index in [0.717, 1.165) is 0 Å². The second kappa shape index (κ2) is 11.7. The van der Waals surface area contributed by atoms with Gasteiger partial charge in [-0.2, -0.15) is 0 Å². The molecule has 0 radical (unpaired) electrons. The van der Waals surface area contributed by atoms with Crippen LogP contribution >= 0.6 is 0 Å². The van der Waals surface area contributed by atoms with Gasteiger partial charge in [-0.25, -0.2) is 0 Å². The van der Waals surface area contributed by atoms with E-state index in [2.05, 4.69) is 9.97 Å². The van der Waals surface area contributed by atoms with Gasteiger partial charge < -0.3 is 10.2 Å². The van der Waals surface area contributed by atoms with Gasteiger partial charge in [0.2, 0.25) is 0 Å². The molecular weight excluding hydrogens is 228 g/mol. The SMILES string of the molecule is CCO.CCO.c1cc(-c2ccncc2)ccn1. The number of pyridine rings is 2. The number of nitrogens with zero attached hydrogens (tertiary/aromatic N) is 2. The number of aliphatic hydroxyl groups is 2. The molecule has 4 heteroatoms. The van der Waals surface area contributed by atoms with Crippen molar-refractivity contribution in [3.05, 3.63) is 49.1 Å². The fourth-order valence-corrected chi connectivity index (χ4v) is 1.09. The van der Waals surface area contributed by atoms with E-state index in [1.807, 2.05) is 24.3 Å². The fraction of sp³-hybridized carbons (Fsp3) is 0.286.